The SMILES string of the molecule is O=C(C=C(O)/C=C/c1cccc(F)c1)/C=C/c1cccc(F)c1. The van der Waals surface area contributed by atoms with Crippen LogP contribution in [-0.4, -0.2) is 10.9 Å². The lowest BCUT2D eigenvalue weighted by atomic mass is 10.1. The molecule has 0 aliphatic heterocycles. The van der Waals surface area contributed by atoms with Gasteiger partial charge in [-0.05, 0) is 47.5 Å². The van der Waals surface area contributed by atoms with Crippen LogP contribution in [0.25, 0.3) is 12.2 Å². The lowest BCUT2D eigenvalue weighted by Crippen LogP contribution is -1.88. The number of rotatable bonds is 5. The average molecular weight is 312 g/mol. The molecule has 0 spiro atoms. The number of benzene rings is 2. The summed E-state index contributed by atoms with van der Waals surface area (Å²) >= 11 is 0. The largest absolute Gasteiger partial charge is 0.508 e. The van der Waals surface area contributed by atoms with Crippen LogP contribution in [0.1, 0.15) is 11.1 Å². The predicted molar refractivity (Wildman–Crippen MR) is 86.6 cm³/mol. The first kappa shape index (κ1) is 16.4. The van der Waals surface area contributed by atoms with Crippen molar-refractivity contribution in [2.24, 2.45) is 0 Å². The molecule has 0 radical (unpaired) electrons. The molecule has 0 heterocycles. The Bertz CT molecular complexity index is 789. The van der Waals surface area contributed by atoms with E-state index < -0.39 is 11.6 Å². The first-order chi connectivity index (χ1) is 11.0. The van der Waals surface area contributed by atoms with Gasteiger partial charge in [0.1, 0.15) is 17.4 Å². The monoisotopic (exact) mass is 312 g/mol. The zero-order valence-corrected chi connectivity index (χ0v) is 12.1. The number of hydrogen-bond acceptors (Lipinski definition) is 2. The van der Waals surface area contributed by atoms with Crippen molar-refractivity contribution in [2.45, 2.75) is 0 Å². The van der Waals surface area contributed by atoms with Crippen molar-refractivity contribution >= 4 is 17.9 Å². The number of carbonyl (C=O) groups excluding carboxylic acids is 1. The molecule has 0 bridgehead atoms. The van der Waals surface area contributed by atoms with Crippen molar-refractivity contribution in [2.75, 3.05) is 0 Å². The Hall–Kier alpha value is -3.01. The molecule has 0 unspecified atom stereocenters. The van der Waals surface area contributed by atoms with E-state index in [4.69, 9.17) is 0 Å². The van der Waals surface area contributed by atoms with Crippen molar-refractivity contribution in [3.8, 4) is 0 Å². The van der Waals surface area contributed by atoms with E-state index in [-0.39, 0.29) is 11.6 Å². The molecule has 0 fully saturated rings. The van der Waals surface area contributed by atoms with E-state index in [0.29, 0.717) is 11.1 Å². The Balaban J connectivity index is 2.01. The summed E-state index contributed by atoms with van der Waals surface area (Å²) in [4.78, 5) is 11.7. The van der Waals surface area contributed by atoms with E-state index in [0.717, 1.165) is 6.08 Å². The van der Waals surface area contributed by atoms with Gasteiger partial charge in [0.15, 0.2) is 5.78 Å². The Labute approximate surface area is 132 Å². The zero-order valence-electron chi connectivity index (χ0n) is 12.1. The average Bonchev–Trinajstić information content (AvgIpc) is 2.51. The highest BCUT2D eigenvalue weighted by Gasteiger charge is 1.96. The summed E-state index contributed by atoms with van der Waals surface area (Å²) in [5, 5.41) is 9.66. The normalized spacial score (nSPS) is 12.2. The number of halogens is 2. The van der Waals surface area contributed by atoms with Crippen LogP contribution in [-0.2, 0) is 4.79 Å². The molecule has 0 aliphatic carbocycles. The maximum Gasteiger partial charge on any atom is 0.182 e. The third-order valence-corrected chi connectivity index (χ3v) is 2.87. The van der Waals surface area contributed by atoms with Crippen LogP contribution in [0.5, 0.6) is 0 Å². The van der Waals surface area contributed by atoms with Crippen LogP contribution in [0, 0.1) is 11.6 Å². The fourth-order valence-electron chi connectivity index (χ4n) is 1.82. The molecular weight excluding hydrogens is 298 g/mol. The third-order valence-electron chi connectivity index (χ3n) is 2.87. The molecule has 2 rings (SSSR count). The minimum atomic E-state index is -0.448. The van der Waals surface area contributed by atoms with E-state index in [1.165, 1.54) is 54.6 Å². The fraction of sp³-hybridized carbons (Fsp3) is 0. The summed E-state index contributed by atoms with van der Waals surface area (Å²) in [6.07, 6.45) is 6.47. The quantitative estimate of drug-likeness (QED) is 0.493. The maximum atomic E-state index is 13.0. The van der Waals surface area contributed by atoms with E-state index in [9.17, 15) is 18.7 Å². The number of aliphatic hydroxyl groups is 1. The van der Waals surface area contributed by atoms with Crippen molar-refractivity contribution in [3.63, 3.8) is 0 Å². The predicted octanol–water partition coefficient (Wildman–Crippen LogP) is 4.70. The molecule has 116 valence electrons. The molecule has 2 nitrogen and oxygen atoms in total. The summed E-state index contributed by atoms with van der Waals surface area (Å²) in [6.45, 7) is 0. The van der Waals surface area contributed by atoms with E-state index in [1.807, 2.05) is 0 Å². The Morgan fingerprint density at radius 3 is 1.91 bits per heavy atom. The molecule has 2 aromatic carbocycles. The first-order valence-corrected chi connectivity index (χ1v) is 6.85. The van der Waals surface area contributed by atoms with Gasteiger partial charge in [-0.3, -0.25) is 4.79 Å². The van der Waals surface area contributed by atoms with Crippen LogP contribution in [0.4, 0.5) is 8.78 Å². The van der Waals surface area contributed by atoms with Gasteiger partial charge in [-0.25, -0.2) is 8.78 Å². The van der Waals surface area contributed by atoms with Gasteiger partial charge >= 0.3 is 0 Å². The standard InChI is InChI=1S/C19H14F2O2/c20-16-5-1-3-14(11-16)7-9-18(22)13-19(23)10-8-15-4-2-6-17(21)12-15/h1-13,22H/b9-7+,10-8+,18-13?. The molecule has 1 N–H and O–H groups in total. The lowest BCUT2D eigenvalue weighted by Gasteiger charge is -1.94. The Morgan fingerprint density at radius 2 is 1.39 bits per heavy atom. The summed E-state index contributed by atoms with van der Waals surface area (Å²) in [7, 11) is 0. The number of carbonyl (C=O) groups is 1. The van der Waals surface area contributed by atoms with Crippen LogP contribution in [0.15, 0.2) is 72.5 Å². The number of hydrogen-bond donors (Lipinski definition) is 1. The fourth-order valence-corrected chi connectivity index (χ4v) is 1.82. The number of allylic oxidation sites excluding steroid dienone is 3. The molecule has 2 aromatic rings. The Morgan fingerprint density at radius 1 is 0.870 bits per heavy atom. The topological polar surface area (TPSA) is 37.3 Å². The maximum absolute atomic E-state index is 13.0. The van der Waals surface area contributed by atoms with Crippen molar-refractivity contribution in [1.29, 1.82) is 0 Å². The van der Waals surface area contributed by atoms with Gasteiger partial charge in [0, 0.05) is 6.08 Å². The molecule has 0 saturated heterocycles. The first-order valence-electron chi connectivity index (χ1n) is 6.85. The number of aliphatic hydroxyl groups excluding tert-OH is 1. The van der Waals surface area contributed by atoms with Gasteiger partial charge in [0.25, 0.3) is 0 Å². The molecule has 0 aromatic heterocycles. The minimum Gasteiger partial charge on any atom is -0.508 e. The minimum absolute atomic E-state index is 0.261. The van der Waals surface area contributed by atoms with Crippen LogP contribution in [0.2, 0.25) is 0 Å². The van der Waals surface area contributed by atoms with Crippen LogP contribution >= 0.6 is 0 Å². The zero-order chi connectivity index (χ0) is 16.7. The molecule has 0 atom stereocenters. The van der Waals surface area contributed by atoms with Crippen molar-refractivity contribution in [1.82, 2.24) is 0 Å². The van der Waals surface area contributed by atoms with Crippen molar-refractivity contribution < 1.29 is 18.7 Å². The van der Waals surface area contributed by atoms with E-state index >= 15 is 0 Å². The highest BCUT2D eigenvalue weighted by Crippen LogP contribution is 2.08. The molecule has 23 heavy (non-hydrogen) atoms. The smallest absolute Gasteiger partial charge is 0.182 e. The summed E-state index contributed by atoms with van der Waals surface area (Å²) in [6, 6.07) is 11.6. The third kappa shape index (κ3) is 5.71. The van der Waals surface area contributed by atoms with Crippen LogP contribution in [0.3, 0.4) is 0 Å². The molecular formula is C19H14F2O2. The molecule has 0 saturated carbocycles. The summed E-state index contributed by atoms with van der Waals surface area (Å²) < 4.78 is 26.0. The molecule has 0 amide bonds. The highest BCUT2D eigenvalue weighted by atomic mass is 19.1. The second-order valence-corrected chi connectivity index (χ2v) is 4.75. The van der Waals surface area contributed by atoms with Gasteiger partial charge in [-0.15, -0.1) is 0 Å². The highest BCUT2D eigenvalue weighted by molar-refractivity contribution is 6.02. The second-order valence-electron chi connectivity index (χ2n) is 4.75. The summed E-state index contributed by atoms with van der Waals surface area (Å²) in [5.74, 6) is -1.49. The summed E-state index contributed by atoms with van der Waals surface area (Å²) in [5.41, 5.74) is 1.11. The second kappa shape index (κ2) is 7.84. The van der Waals surface area contributed by atoms with Gasteiger partial charge in [0.05, 0.1) is 0 Å². The van der Waals surface area contributed by atoms with Gasteiger partial charge in [0.2, 0.25) is 0 Å². The number of ketones is 1. The van der Waals surface area contributed by atoms with Crippen LogP contribution < -0.4 is 0 Å². The van der Waals surface area contributed by atoms with Gasteiger partial charge < -0.3 is 5.11 Å². The Kier molecular flexibility index (Phi) is 5.58. The molecule has 0 aliphatic rings. The van der Waals surface area contributed by atoms with Gasteiger partial charge in [-0.2, -0.15) is 0 Å². The van der Waals surface area contributed by atoms with Gasteiger partial charge in [-0.1, -0.05) is 36.4 Å². The molecule has 4 heteroatoms. The van der Waals surface area contributed by atoms with E-state index in [1.54, 1.807) is 18.2 Å². The van der Waals surface area contributed by atoms with Crippen molar-refractivity contribution in [3.05, 3.63) is 95.3 Å². The van der Waals surface area contributed by atoms with E-state index in [2.05, 4.69) is 0 Å². The lowest BCUT2D eigenvalue weighted by molar-refractivity contribution is -0.110.